The molecule has 2 heterocycles. The van der Waals surface area contributed by atoms with Crippen molar-refractivity contribution in [2.75, 3.05) is 6.79 Å². The Morgan fingerprint density at radius 1 is 1.03 bits per heavy atom. The fourth-order valence-electron chi connectivity index (χ4n) is 4.61. The zero-order valence-corrected chi connectivity index (χ0v) is 20.5. The van der Waals surface area contributed by atoms with Gasteiger partial charge in [-0.3, -0.25) is 9.36 Å². The number of hydrogen-bond acceptors (Lipinski definition) is 5. The number of nitriles is 1. The van der Waals surface area contributed by atoms with Crippen LogP contribution in [0.15, 0.2) is 71.5 Å². The second-order valence-electron chi connectivity index (χ2n) is 8.90. The lowest BCUT2D eigenvalue weighted by Crippen LogP contribution is -2.28. The molecule has 0 saturated carbocycles. The van der Waals surface area contributed by atoms with Crippen molar-refractivity contribution in [2.45, 2.75) is 39.5 Å². The smallest absolute Gasteiger partial charge is 0.261 e. The van der Waals surface area contributed by atoms with Crippen molar-refractivity contribution in [3.05, 3.63) is 105 Å². The Hall–Kier alpha value is -4.37. The number of fused-ring (bicyclic) bond motifs is 1. The minimum absolute atomic E-state index is 0.0635. The molecule has 0 bridgehead atoms. The van der Waals surface area contributed by atoms with Gasteiger partial charge in [-0.15, -0.1) is 0 Å². The maximum absolute atomic E-state index is 13.9. The van der Waals surface area contributed by atoms with Gasteiger partial charge in [-0.1, -0.05) is 55.8 Å². The molecule has 0 fully saturated rings. The molecule has 5 rings (SSSR count). The monoisotopic (exact) mass is 477 g/mol. The van der Waals surface area contributed by atoms with Crippen molar-refractivity contribution in [1.29, 1.82) is 5.26 Å². The third kappa shape index (κ3) is 4.48. The van der Waals surface area contributed by atoms with E-state index in [2.05, 4.69) is 13.0 Å². The van der Waals surface area contributed by atoms with Gasteiger partial charge in [0, 0.05) is 18.1 Å². The van der Waals surface area contributed by atoms with E-state index in [4.69, 9.17) is 14.5 Å². The van der Waals surface area contributed by atoms with Gasteiger partial charge in [0.05, 0.1) is 23.0 Å². The Morgan fingerprint density at radius 2 is 1.81 bits per heavy atom. The summed E-state index contributed by atoms with van der Waals surface area (Å²) < 4.78 is 12.6. The second kappa shape index (κ2) is 10.1. The number of ether oxygens (including phenoxy) is 2. The first kappa shape index (κ1) is 23.4. The van der Waals surface area contributed by atoms with Gasteiger partial charge in [-0.05, 0) is 54.7 Å². The molecule has 1 aliphatic rings. The number of unbranched alkanes of at least 4 members (excludes halogenated alkanes) is 1. The molecule has 0 spiro atoms. The van der Waals surface area contributed by atoms with Gasteiger partial charge >= 0.3 is 0 Å². The molecule has 0 unspecified atom stereocenters. The van der Waals surface area contributed by atoms with E-state index >= 15 is 0 Å². The highest BCUT2D eigenvalue weighted by molar-refractivity contribution is 5.70. The van der Waals surface area contributed by atoms with E-state index in [1.165, 1.54) is 0 Å². The van der Waals surface area contributed by atoms with Crippen LogP contribution in [0.4, 0.5) is 0 Å². The van der Waals surface area contributed by atoms with Gasteiger partial charge in [-0.2, -0.15) is 5.26 Å². The highest BCUT2D eigenvalue weighted by atomic mass is 16.7. The van der Waals surface area contributed by atoms with Gasteiger partial charge in [0.1, 0.15) is 5.82 Å². The number of benzene rings is 3. The van der Waals surface area contributed by atoms with Crippen molar-refractivity contribution < 1.29 is 9.47 Å². The average Bonchev–Trinajstić information content (AvgIpc) is 3.38. The molecule has 1 aromatic heterocycles. The molecule has 6 heteroatoms. The van der Waals surface area contributed by atoms with Gasteiger partial charge < -0.3 is 9.47 Å². The summed E-state index contributed by atoms with van der Waals surface area (Å²) >= 11 is 0. The lowest BCUT2D eigenvalue weighted by Gasteiger charge is -2.16. The third-order valence-electron chi connectivity index (χ3n) is 6.50. The molecule has 36 heavy (non-hydrogen) atoms. The minimum Gasteiger partial charge on any atom is -0.454 e. The summed E-state index contributed by atoms with van der Waals surface area (Å²) in [5.41, 5.74) is 5.74. The van der Waals surface area contributed by atoms with Crippen molar-refractivity contribution in [3.63, 3.8) is 0 Å². The van der Waals surface area contributed by atoms with E-state index in [1.54, 1.807) is 4.57 Å². The van der Waals surface area contributed by atoms with Crippen LogP contribution in [0.1, 0.15) is 48.0 Å². The summed E-state index contributed by atoms with van der Waals surface area (Å²) in [7, 11) is 0. The van der Waals surface area contributed by atoms with Crippen LogP contribution in [0.25, 0.3) is 16.8 Å². The average molecular weight is 478 g/mol. The summed E-state index contributed by atoms with van der Waals surface area (Å²) in [6, 6.07) is 23.4. The number of aromatic nitrogens is 2. The normalized spacial score (nSPS) is 11.9. The highest BCUT2D eigenvalue weighted by Gasteiger charge is 2.19. The number of rotatable bonds is 7. The maximum Gasteiger partial charge on any atom is 0.261 e. The van der Waals surface area contributed by atoms with Gasteiger partial charge in [0.25, 0.3) is 5.56 Å². The Kier molecular flexibility index (Phi) is 6.55. The van der Waals surface area contributed by atoms with Gasteiger partial charge in [0.15, 0.2) is 11.5 Å². The van der Waals surface area contributed by atoms with Crippen LogP contribution in [0.3, 0.4) is 0 Å². The molecule has 0 N–H and O–H groups in total. The van der Waals surface area contributed by atoms with Crippen LogP contribution in [0.5, 0.6) is 11.5 Å². The maximum atomic E-state index is 13.9. The second-order valence-corrected chi connectivity index (χ2v) is 8.90. The summed E-state index contributed by atoms with van der Waals surface area (Å²) in [6.07, 6.45) is 3.24. The van der Waals surface area contributed by atoms with E-state index in [-0.39, 0.29) is 12.4 Å². The molecule has 6 nitrogen and oxygen atoms in total. The molecule has 3 aromatic carbocycles. The first-order valence-electron chi connectivity index (χ1n) is 12.2. The molecule has 4 aromatic rings. The first-order chi connectivity index (χ1) is 17.6. The summed E-state index contributed by atoms with van der Waals surface area (Å²) in [4.78, 5) is 18.7. The SMILES string of the molecule is CCCCc1nc(C)n(-c2ccc3c(c2)OCO3)c(=O)c1Cc1ccc(-c2ccccc2C#N)cc1. The van der Waals surface area contributed by atoms with E-state index in [0.717, 1.165) is 41.6 Å². The summed E-state index contributed by atoms with van der Waals surface area (Å²) in [5.74, 6) is 1.95. The molecule has 180 valence electrons. The predicted molar refractivity (Wildman–Crippen MR) is 139 cm³/mol. The fraction of sp³-hybridized carbons (Fsp3) is 0.233. The zero-order chi connectivity index (χ0) is 25.1. The largest absolute Gasteiger partial charge is 0.454 e. The molecule has 0 amide bonds. The van der Waals surface area contributed by atoms with E-state index in [0.29, 0.717) is 40.6 Å². The van der Waals surface area contributed by atoms with Gasteiger partial charge in [-0.25, -0.2) is 4.98 Å². The number of aryl methyl sites for hydroxylation is 2. The van der Waals surface area contributed by atoms with E-state index in [1.807, 2.05) is 73.7 Å². The Balaban J connectivity index is 1.53. The predicted octanol–water partition coefficient (Wildman–Crippen LogP) is 5.74. The van der Waals surface area contributed by atoms with Crippen LogP contribution in [0, 0.1) is 18.3 Å². The van der Waals surface area contributed by atoms with Gasteiger partial charge in [0.2, 0.25) is 6.79 Å². The molecule has 1 aliphatic heterocycles. The first-order valence-corrected chi connectivity index (χ1v) is 12.2. The summed E-state index contributed by atoms with van der Waals surface area (Å²) in [5, 5.41) is 9.45. The van der Waals surface area contributed by atoms with Crippen LogP contribution >= 0.6 is 0 Å². The Morgan fingerprint density at radius 3 is 2.58 bits per heavy atom. The highest BCUT2D eigenvalue weighted by Crippen LogP contribution is 2.33. The quantitative estimate of drug-likeness (QED) is 0.339. The lowest BCUT2D eigenvalue weighted by molar-refractivity contribution is 0.174. The Labute approximate surface area is 210 Å². The minimum atomic E-state index is -0.0635. The molecular formula is C30H27N3O3. The molecule has 0 saturated heterocycles. The van der Waals surface area contributed by atoms with E-state index in [9.17, 15) is 10.1 Å². The molecule has 0 radical (unpaired) electrons. The van der Waals surface area contributed by atoms with E-state index < -0.39 is 0 Å². The number of nitrogens with zero attached hydrogens (tertiary/aromatic N) is 3. The van der Waals surface area contributed by atoms with Crippen LogP contribution < -0.4 is 15.0 Å². The van der Waals surface area contributed by atoms with Crippen molar-refractivity contribution in [1.82, 2.24) is 9.55 Å². The standard InChI is InChI=1S/C30H27N3O3/c1-3-4-9-27-26(16-21-10-12-22(13-11-21)25-8-6-5-7-23(25)18-31)30(34)33(20(2)32-27)24-14-15-28-29(17-24)36-19-35-28/h5-8,10-15,17H,3-4,9,16,19H2,1-2H3. The molecule has 0 aliphatic carbocycles. The Bertz CT molecular complexity index is 1510. The number of hydrogen-bond donors (Lipinski definition) is 0. The van der Waals surface area contributed by atoms with Crippen LogP contribution in [-0.4, -0.2) is 16.3 Å². The molecular weight excluding hydrogens is 450 g/mol. The van der Waals surface area contributed by atoms with Crippen molar-refractivity contribution >= 4 is 0 Å². The van der Waals surface area contributed by atoms with Crippen molar-refractivity contribution in [3.8, 4) is 34.4 Å². The van der Waals surface area contributed by atoms with Crippen LogP contribution in [-0.2, 0) is 12.8 Å². The van der Waals surface area contributed by atoms with Crippen molar-refractivity contribution in [2.24, 2.45) is 0 Å². The lowest BCUT2D eigenvalue weighted by atomic mass is 9.96. The zero-order valence-electron chi connectivity index (χ0n) is 20.5. The summed E-state index contributed by atoms with van der Waals surface area (Å²) in [6.45, 7) is 4.19. The molecule has 0 atom stereocenters. The third-order valence-corrected chi connectivity index (χ3v) is 6.50. The van der Waals surface area contributed by atoms with Crippen LogP contribution in [0.2, 0.25) is 0 Å². The fourth-order valence-corrected chi connectivity index (χ4v) is 4.61. The topological polar surface area (TPSA) is 77.1 Å².